The lowest BCUT2D eigenvalue weighted by molar-refractivity contribution is -0.00875. The number of rotatable bonds is 4. The van der Waals surface area contributed by atoms with Gasteiger partial charge >= 0.3 is 0 Å². The summed E-state index contributed by atoms with van der Waals surface area (Å²) in [6.07, 6.45) is 3.01. The van der Waals surface area contributed by atoms with Crippen molar-refractivity contribution in [1.29, 1.82) is 0 Å². The van der Waals surface area contributed by atoms with Crippen LogP contribution >= 0.6 is 0 Å². The molecule has 0 saturated carbocycles. The SMILES string of the molecule is CCCCC(C)(O)NC(C)(C)C. The maximum absolute atomic E-state index is 9.87. The summed E-state index contributed by atoms with van der Waals surface area (Å²) in [5, 5.41) is 13.1. The van der Waals surface area contributed by atoms with Crippen molar-refractivity contribution in [3.8, 4) is 0 Å². The van der Waals surface area contributed by atoms with Crippen molar-refractivity contribution in [1.82, 2.24) is 5.32 Å². The molecule has 0 aliphatic heterocycles. The van der Waals surface area contributed by atoms with Gasteiger partial charge in [-0.2, -0.15) is 0 Å². The van der Waals surface area contributed by atoms with Crippen LogP contribution in [0.1, 0.15) is 53.9 Å². The van der Waals surface area contributed by atoms with Crippen LogP contribution in [0.15, 0.2) is 0 Å². The zero-order valence-corrected chi connectivity index (χ0v) is 9.07. The summed E-state index contributed by atoms with van der Waals surface area (Å²) < 4.78 is 0. The minimum atomic E-state index is -0.714. The smallest absolute Gasteiger partial charge is 0.113 e. The number of aliphatic hydroxyl groups is 1. The zero-order chi connectivity index (χ0) is 9.83. The molecule has 0 spiro atoms. The van der Waals surface area contributed by atoms with Gasteiger partial charge in [-0.05, 0) is 40.5 Å². The van der Waals surface area contributed by atoms with E-state index in [4.69, 9.17) is 0 Å². The van der Waals surface area contributed by atoms with E-state index < -0.39 is 5.72 Å². The third-order valence-electron chi connectivity index (χ3n) is 1.66. The third kappa shape index (κ3) is 6.62. The predicted octanol–water partition coefficient (Wildman–Crippen LogP) is 2.27. The van der Waals surface area contributed by atoms with E-state index in [9.17, 15) is 5.11 Å². The molecule has 0 aromatic heterocycles. The Morgan fingerprint density at radius 2 is 1.67 bits per heavy atom. The quantitative estimate of drug-likeness (QED) is 0.639. The Labute approximate surface area is 76.4 Å². The molecule has 0 aliphatic carbocycles. The fourth-order valence-electron chi connectivity index (χ4n) is 1.39. The van der Waals surface area contributed by atoms with Crippen LogP contribution in [0.25, 0.3) is 0 Å². The van der Waals surface area contributed by atoms with E-state index in [1.54, 1.807) is 0 Å². The second-order valence-electron chi connectivity index (χ2n) is 4.75. The molecule has 1 unspecified atom stereocenters. The second-order valence-corrected chi connectivity index (χ2v) is 4.75. The molecule has 2 heteroatoms. The number of nitrogens with one attached hydrogen (secondary N) is 1. The number of hydrogen-bond donors (Lipinski definition) is 2. The Balaban J connectivity index is 3.86. The van der Waals surface area contributed by atoms with Crippen LogP contribution in [0, 0.1) is 0 Å². The van der Waals surface area contributed by atoms with Crippen LogP contribution in [0.4, 0.5) is 0 Å². The standard InChI is InChI=1S/C10H23NO/c1-6-7-8-10(5,12)11-9(2,3)4/h11-12H,6-8H2,1-5H3. The van der Waals surface area contributed by atoms with E-state index in [0.717, 1.165) is 19.3 Å². The van der Waals surface area contributed by atoms with Gasteiger partial charge in [-0.1, -0.05) is 13.3 Å². The van der Waals surface area contributed by atoms with Gasteiger partial charge in [0, 0.05) is 5.54 Å². The van der Waals surface area contributed by atoms with E-state index in [-0.39, 0.29) is 5.54 Å². The minimum Gasteiger partial charge on any atom is -0.376 e. The first-order valence-corrected chi connectivity index (χ1v) is 4.78. The normalized spacial score (nSPS) is 17.5. The van der Waals surface area contributed by atoms with Gasteiger partial charge in [0.1, 0.15) is 5.72 Å². The van der Waals surface area contributed by atoms with Crippen LogP contribution in [-0.2, 0) is 0 Å². The van der Waals surface area contributed by atoms with Crippen molar-refractivity contribution in [2.24, 2.45) is 0 Å². The average Bonchev–Trinajstić information content (AvgIpc) is 1.78. The minimum absolute atomic E-state index is 0.0166. The molecule has 0 heterocycles. The van der Waals surface area contributed by atoms with Crippen molar-refractivity contribution in [3.05, 3.63) is 0 Å². The molecule has 0 rings (SSSR count). The Bertz CT molecular complexity index is 124. The molecule has 74 valence electrons. The van der Waals surface area contributed by atoms with Crippen molar-refractivity contribution in [2.75, 3.05) is 0 Å². The molecule has 0 radical (unpaired) electrons. The summed E-state index contributed by atoms with van der Waals surface area (Å²) in [6.45, 7) is 10.2. The molecule has 2 N–H and O–H groups in total. The first kappa shape index (κ1) is 11.9. The maximum atomic E-state index is 9.87. The van der Waals surface area contributed by atoms with Gasteiger partial charge in [0.2, 0.25) is 0 Å². The first-order valence-electron chi connectivity index (χ1n) is 4.78. The lowest BCUT2D eigenvalue weighted by Crippen LogP contribution is -2.52. The Kier molecular flexibility index (Phi) is 4.21. The van der Waals surface area contributed by atoms with Gasteiger partial charge in [0.15, 0.2) is 0 Å². The van der Waals surface area contributed by atoms with Crippen LogP contribution in [0.5, 0.6) is 0 Å². The van der Waals surface area contributed by atoms with Crippen molar-refractivity contribution >= 4 is 0 Å². The van der Waals surface area contributed by atoms with E-state index in [2.05, 4.69) is 33.0 Å². The molecule has 1 atom stereocenters. The van der Waals surface area contributed by atoms with E-state index in [1.165, 1.54) is 0 Å². The molecule has 0 aromatic rings. The Hall–Kier alpha value is -0.0800. The molecule has 0 bridgehead atoms. The first-order chi connectivity index (χ1) is 5.27. The highest BCUT2D eigenvalue weighted by Gasteiger charge is 2.24. The highest BCUT2D eigenvalue weighted by Crippen LogP contribution is 2.14. The zero-order valence-electron chi connectivity index (χ0n) is 9.07. The van der Waals surface area contributed by atoms with Gasteiger partial charge < -0.3 is 5.11 Å². The third-order valence-corrected chi connectivity index (χ3v) is 1.66. The van der Waals surface area contributed by atoms with Crippen molar-refractivity contribution in [3.63, 3.8) is 0 Å². The van der Waals surface area contributed by atoms with Crippen LogP contribution in [-0.4, -0.2) is 16.4 Å². The topological polar surface area (TPSA) is 32.3 Å². The lowest BCUT2D eigenvalue weighted by Gasteiger charge is -2.33. The Morgan fingerprint density at radius 1 is 1.17 bits per heavy atom. The highest BCUT2D eigenvalue weighted by atomic mass is 16.3. The van der Waals surface area contributed by atoms with Crippen LogP contribution in [0.2, 0.25) is 0 Å². The predicted molar refractivity (Wildman–Crippen MR) is 53.0 cm³/mol. The number of hydrogen-bond acceptors (Lipinski definition) is 2. The van der Waals surface area contributed by atoms with Gasteiger partial charge in [-0.15, -0.1) is 0 Å². The number of unbranched alkanes of at least 4 members (excludes halogenated alkanes) is 1. The monoisotopic (exact) mass is 173 g/mol. The second kappa shape index (κ2) is 4.24. The summed E-state index contributed by atoms with van der Waals surface area (Å²) in [5.74, 6) is 0. The van der Waals surface area contributed by atoms with E-state index in [1.807, 2.05) is 6.92 Å². The molecule has 0 aliphatic rings. The molecule has 0 saturated heterocycles. The average molecular weight is 173 g/mol. The fourth-order valence-corrected chi connectivity index (χ4v) is 1.39. The van der Waals surface area contributed by atoms with Gasteiger partial charge in [-0.3, -0.25) is 5.32 Å². The summed E-state index contributed by atoms with van der Waals surface area (Å²) in [6, 6.07) is 0. The molecule has 12 heavy (non-hydrogen) atoms. The van der Waals surface area contributed by atoms with Crippen molar-refractivity contribution in [2.45, 2.75) is 65.1 Å². The fraction of sp³-hybridized carbons (Fsp3) is 1.00. The van der Waals surface area contributed by atoms with Gasteiger partial charge in [-0.25, -0.2) is 0 Å². The molecule has 2 nitrogen and oxygen atoms in total. The van der Waals surface area contributed by atoms with Crippen LogP contribution < -0.4 is 5.32 Å². The maximum Gasteiger partial charge on any atom is 0.113 e. The van der Waals surface area contributed by atoms with Gasteiger partial charge in [0.25, 0.3) is 0 Å². The Morgan fingerprint density at radius 3 is 2.00 bits per heavy atom. The largest absolute Gasteiger partial charge is 0.376 e. The molecule has 0 fully saturated rings. The molecule has 0 amide bonds. The molecule has 0 aromatic carbocycles. The summed E-state index contributed by atoms with van der Waals surface area (Å²) in [5.41, 5.74) is -0.731. The van der Waals surface area contributed by atoms with Gasteiger partial charge in [0.05, 0.1) is 0 Å². The molecular formula is C10H23NO. The summed E-state index contributed by atoms with van der Waals surface area (Å²) in [7, 11) is 0. The highest BCUT2D eigenvalue weighted by molar-refractivity contribution is 4.79. The van der Waals surface area contributed by atoms with E-state index in [0.29, 0.717) is 0 Å². The summed E-state index contributed by atoms with van der Waals surface area (Å²) >= 11 is 0. The van der Waals surface area contributed by atoms with Crippen molar-refractivity contribution < 1.29 is 5.11 Å². The van der Waals surface area contributed by atoms with E-state index >= 15 is 0 Å². The summed E-state index contributed by atoms with van der Waals surface area (Å²) in [4.78, 5) is 0. The lowest BCUT2D eigenvalue weighted by atomic mass is 10.0. The molecular weight excluding hydrogens is 150 g/mol. The van der Waals surface area contributed by atoms with Crippen LogP contribution in [0.3, 0.4) is 0 Å².